The third-order valence-corrected chi connectivity index (χ3v) is 5.99. The van der Waals surface area contributed by atoms with Crippen molar-refractivity contribution in [1.29, 1.82) is 0 Å². The molecule has 1 amide bonds. The zero-order valence-corrected chi connectivity index (χ0v) is 19.6. The van der Waals surface area contributed by atoms with Crippen molar-refractivity contribution < 1.29 is 28.6 Å². The number of ketones is 2. The van der Waals surface area contributed by atoms with Crippen LogP contribution >= 0.6 is 0 Å². The van der Waals surface area contributed by atoms with Crippen molar-refractivity contribution in [2.45, 2.75) is 26.2 Å². The van der Waals surface area contributed by atoms with Crippen molar-refractivity contribution in [2.75, 3.05) is 53.6 Å². The standard InChI is InChI=1S/C25H32N2O6/c1-17-20(23(30)25(32-3)24(31-2)22(17)29)16-19-6-4-18(5-7-19)8-9-21(28)26-10-11-27-12-14-33-15-13-27/h4-7H,8-16H2,1-3H3,(H,26,28). The second kappa shape index (κ2) is 11.8. The number of allylic oxidation sites excluding steroid dienone is 2. The van der Waals surface area contributed by atoms with Gasteiger partial charge in [0.1, 0.15) is 0 Å². The number of morpholine rings is 1. The average Bonchev–Trinajstić information content (AvgIpc) is 2.84. The van der Waals surface area contributed by atoms with E-state index in [0.717, 1.165) is 44.0 Å². The van der Waals surface area contributed by atoms with Gasteiger partial charge in [0, 0.05) is 50.2 Å². The summed E-state index contributed by atoms with van der Waals surface area (Å²) in [5.74, 6) is -0.738. The van der Waals surface area contributed by atoms with Gasteiger partial charge in [0.25, 0.3) is 0 Å². The Hall–Kier alpha value is -2.97. The molecule has 1 heterocycles. The SMILES string of the molecule is COC1=C(OC)C(=O)C(Cc2ccc(CCC(=O)NCCN3CCOCC3)cc2)=C(C)C1=O. The van der Waals surface area contributed by atoms with Crippen LogP contribution in [0.4, 0.5) is 0 Å². The molecule has 1 saturated heterocycles. The molecule has 1 fully saturated rings. The van der Waals surface area contributed by atoms with Crippen molar-refractivity contribution in [3.63, 3.8) is 0 Å². The lowest BCUT2D eigenvalue weighted by atomic mass is 9.88. The van der Waals surface area contributed by atoms with Crippen LogP contribution in [0, 0.1) is 0 Å². The van der Waals surface area contributed by atoms with Gasteiger partial charge in [-0.3, -0.25) is 19.3 Å². The molecule has 8 heteroatoms. The number of hydrogen-bond donors (Lipinski definition) is 1. The normalized spacial score (nSPS) is 17.4. The number of Topliss-reactive ketones (excluding diaryl/α,β-unsaturated/α-hetero) is 2. The van der Waals surface area contributed by atoms with Crippen LogP contribution in [0.15, 0.2) is 46.9 Å². The number of benzene rings is 1. The van der Waals surface area contributed by atoms with Crippen LogP contribution < -0.4 is 5.32 Å². The second-order valence-electron chi connectivity index (χ2n) is 8.13. The zero-order chi connectivity index (χ0) is 23.8. The van der Waals surface area contributed by atoms with Gasteiger partial charge in [-0.15, -0.1) is 0 Å². The van der Waals surface area contributed by atoms with Gasteiger partial charge in [-0.05, 0) is 24.5 Å². The molecule has 0 bridgehead atoms. The smallest absolute Gasteiger partial charge is 0.228 e. The Bertz CT molecular complexity index is 942. The highest BCUT2D eigenvalue weighted by atomic mass is 16.5. The van der Waals surface area contributed by atoms with E-state index in [2.05, 4.69) is 10.2 Å². The summed E-state index contributed by atoms with van der Waals surface area (Å²) in [6.07, 6.45) is 1.38. The molecule has 0 unspecified atom stereocenters. The fraction of sp³-hybridized carbons (Fsp3) is 0.480. The number of carbonyl (C=O) groups is 3. The zero-order valence-electron chi connectivity index (χ0n) is 19.6. The number of carbonyl (C=O) groups excluding carboxylic acids is 3. The van der Waals surface area contributed by atoms with Crippen molar-refractivity contribution >= 4 is 17.5 Å². The number of hydrogen-bond acceptors (Lipinski definition) is 7. The highest BCUT2D eigenvalue weighted by molar-refractivity contribution is 6.23. The summed E-state index contributed by atoms with van der Waals surface area (Å²) in [5.41, 5.74) is 2.72. The van der Waals surface area contributed by atoms with Crippen LogP contribution in [-0.2, 0) is 41.4 Å². The third-order valence-electron chi connectivity index (χ3n) is 5.99. The number of amides is 1. The quantitative estimate of drug-likeness (QED) is 0.534. The molecule has 0 aromatic heterocycles. The Labute approximate surface area is 194 Å². The van der Waals surface area contributed by atoms with Gasteiger partial charge in [-0.25, -0.2) is 0 Å². The first-order chi connectivity index (χ1) is 15.9. The predicted octanol–water partition coefficient (Wildman–Crippen LogP) is 1.58. The number of aryl methyl sites for hydroxylation is 1. The largest absolute Gasteiger partial charge is 0.489 e. The summed E-state index contributed by atoms with van der Waals surface area (Å²) >= 11 is 0. The Morgan fingerprint density at radius 1 is 1.00 bits per heavy atom. The fourth-order valence-corrected chi connectivity index (χ4v) is 3.96. The summed E-state index contributed by atoms with van der Waals surface area (Å²) in [5, 5.41) is 2.97. The van der Waals surface area contributed by atoms with Crippen LogP contribution in [0.5, 0.6) is 0 Å². The van der Waals surface area contributed by atoms with E-state index in [0.29, 0.717) is 37.0 Å². The van der Waals surface area contributed by atoms with Crippen LogP contribution in [-0.4, -0.2) is 76.0 Å². The van der Waals surface area contributed by atoms with Gasteiger partial charge in [0.05, 0.1) is 27.4 Å². The molecule has 1 aromatic rings. The molecule has 33 heavy (non-hydrogen) atoms. The molecule has 2 aliphatic rings. The summed E-state index contributed by atoms with van der Waals surface area (Å²) in [4.78, 5) is 39.7. The van der Waals surface area contributed by atoms with Crippen LogP contribution in [0.3, 0.4) is 0 Å². The first-order valence-electron chi connectivity index (χ1n) is 11.2. The average molecular weight is 457 g/mol. The molecule has 8 nitrogen and oxygen atoms in total. The summed E-state index contributed by atoms with van der Waals surface area (Å²) in [6, 6.07) is 7.75. The van der Waals surface area contributed by atoms with E-state index in [9.17, 15) is 14.4 Å². The van der Waals surface area contributed by atoms with Gasteiger partial charge in [0.15, 0.2) is 0 Å². The van der Waals surface area contributed by atoms with E-state index in [1.807, 2.05) is 24.3 Å². The molecule has 3 rings (SSSR count). The van der Waals surface area contributed by atoms with Crippen molar-refractivity contribution in [3.05, 3.63) is 58.1 Å². The van der Waals surface area contributed by atoms with Gasteiger partial charge >= 0.3 is 0 Å². The molecule has 0 spiro atoms. The molecule has 0 saturated carbocycles. The highest BCUT2D eigenvalue weighted by Crippen LogP contribution is 2.28. The molecule has 178 valence electrons. The van der Waals surface area contributed by atoms with E-state index in [4.69, 9.17) is 14.2 Å². The van der Waals surface area contributed by atoms with Crippen LogP contribution in [0.25, 0.3) is 0 Å². The molecular weight excluding hydrogens is 424 g/mol. The van der Waals surface area contributed by atoms with E-state index in [1.54, 1.807) is 6.92 Å². The molecular formula is C25H32N2O6. The first-order valence-corrected chi connectivity index (χ1v) is 11.2. The van der Waals surface area contributed by atoms with E-state index >= 15 is 0 Å². The maximum Gasteiger partial charge on any atom is 0.228 e. The number of methoxy groups -OCH3 is 2. The van der Waals surface area contributed by atoms with E-state index in [-0.39, 0.29) is 29.0 Å². The first kappa shape index (κ1) is 24.7. The Morgan fingerprint density at radius 2 is 1.61 bits per heavy atom. The molecule has 0 atom stereocenters. The Kier molecular flexibility index (Phi) is 8.79. The molecule has 1 aliphatic heterocycles. The Balaban J connectivity index is 1.50. The fourth-order valence-electron chi connectivity index (χ4n) is 3.96. The van der Waals surface area contributed by atoms with Crippen molar-refractivity contribution in [3.8, 4) is 0 Å². The maximum atomic E-state index is 12.8. The monoisotopic (exact) mass is 456 g/mol. The van der Waals surface area contributed by atoms with Crippen molar-refractivity contribution in [1.82, 2.24) is 10.2 Å². The van der Waals surface area contributed by atoms with Gasteiger partial charge < -0.3 is 19.5 Å². The van der Waals surface area contributed by atoms with Gasteiger partial charge in [-0.2, -0.15) is 0 Å². The van der Waals surface area contributed by atoms with E-state index < -0.39 is 0 Å². The third kappa shape index (κ3) is 6.30. The van der Waals surface area contributed by atoms with Gasteiger partial charge in [0.2, 0.25) is 29.0 Å². The highest BCUT2D eigenvalue weighted by Gasteiger charge is 2.34. The number of ether oxygens (including phenoxy) is 3. The molecule has 1 N–H and O–H groups in total. The van der Waals surface area contributed by atoms with Crippen LogP contribution in [0.1, 0.15) is 24.5 Å². The maximum absolute atomic E-state index is 12.8. The Morgan fingerprint density at radius 3 is 2.24 bits per heavy atom. The van der Waals surface area contributed by atoms with Crippen LogP contribution in [0.2, 0.25) is 0 Å². The number of rotatable bonds is 10. The second-order valence-corrected chi connectivity index (χ2v) is 8.13. The lowest BCUT2D eigenvalue weighted by Gasteiger charge is -2.26. The molecule has 0 radical (unpaired) electrons. The number of nitrogens with zero attached hydrogens (tertiary/aromatic N) is 1. The van der Waals surface area contributed by atoms with E-state index in [1.165, 1.54) is 14.2 Å². The number of nitrogens with one attached hydrogen (secondary N) is 1. The lowest BCUT2D eigenvalue weighted by Crippen LogP contribution is -2.41. The summed E-state index contributed by atoms with van der Waals surface area (Å²) in [7, 11) is 2.70. The summed E-state index contributed by atoms with van der Waals surface area (Å²) < 4.78 is 15.5. The van der Waals surface area contributed by atoms with Crippen molar-refractivity contribution in [2.24, 2.45) is 0 Å². The lowest BCUT2D eigenvalue weighted by molar-refractivity contribution is -0.121. The molecule has 1 aliphatic carbocycles. The minimum absolute atomic E-state index is 0.0345. The predicted molar refractivity (Wildman–Crippen MR) is 122 cm³/mol. The molecule has 1 aromatic carbocycles. The topological polar surface area (TPSA) is 94.2 Å². The minimum Gasteiger partial charge on any atom is -0.489 e. The minimum atomic E-state index is -0.333. The van der Waals surface area contributed by atoms with Gasteiger partial charge in [-0.1, -0.05) is 24.3 Å². The summed E-state index contributed by atoms with van der Waals surface area (Å²) in [6.45, 7) is 6.44.